The summed E-state index contributed by atoms with van der Waals surface area (Å²) in [6.07, 6.45) is 3.53. The van der Waals surface area contributed by atoms with E-state index in [2.05, 4.69) is 28.9 Å². The van der Waals surface area contributed by atoms with Crippen molar-refractivity contribution in [3.63, 3.8) is 0 Å². The minimum Gasteiger partial charge on any atom is -0.496 e. The van der Waals surface area contributed by atoms with Crippen LogP contribution in [0.1, 0.15) is 18.9 Å². The predicted octanol–water partition coefficient (Wildman–Crippen LogP) is 5.57. The highest BCUT2D eigenvalue weighted by Gasteiger charge is 2.40. The van der Waals surface area contributed by atoms with Crippen molar-refractivity contribution in [3.05, 3.63) is 62.5 Å². The highest BCUT2D eigenvalue weighted by atomic mass is 35.5. The van der Waals surface area contributed by atoms with E-state index in [1.54, 1.807) is 30.0 Å². The first kappa shape index (κ1) is 31.1. The molecule has 2 aromatic carbocycles. The van der Waals surface area contributed by atoms with Gasteiger partial charge in [-0.05, 0) is 37.1 Å². The Kier molecular flexibility index (Phi) is 8.85. The van der Waals surface area contributed by atoms with Gasteiger partial charge < -0.3 is 34.1 Å². The molecular formula is C34H34Cl2N4O5. The molecule has 2 aromatic heterocycles. The molecule has 45 heavy (non-hydrogen) atoms. The number of morpholine rings is 1. The van der Waals surface area contributed by atoms with Crippen LogP contribution in [0.25, 0.3) is 33.3 Å². The monoisotopic (exact) mass is 648 g/mol. The van der Waals surface area contributed by atoms with Gasteiger partial charge in [-0.3, -0.25) is 9.78 Å². The number of pyridine rings is 2. The lowest BCUT2D eigenvalue weighted by Crippen LogP contribution is -2.37. The normalized spacial score (nSPS) is 17.0. The molecule has 0 spiro atoms. The highest BCUT2D eigenvalue weighted by Crippen LogP contribution is 2.46. The van der Waals surface area contributed by atoms with Crippen molar-refractivity contribution in [1.29, 1.82) is 0 Å². The van der Waals surface area contributed by atoms with Gasteiger partial charge in [-0.15, -0.1) is 0 Å². The van der Waals surface area contributed by atoms with Gasteiger partial charge in [0.2, 0.25) is 0 Å². The summed E-state index contributed by atoms with van der Waals surface area (Å²) < 4.78 is 24.3. The molecule has 2 aliphatic heterocycles. The molecule has 2 N–H and O–H groups in total. The van der Waals surface area contributed by atoms with E-state index in [1.165, 1.54) is 14.2 Å². The third-order valence-electron chi connectivity index (χ3n) is 8.53. The van der Waals surface area contributed by atoms with Crippen LogP contribution in [0.2, 0.25) is 10.0 Å². The Labute approximate surface area is 271 Å². The zero-order valence-electron chi connectivity index (χ0n) is 25.6. The fourth-order valence-electron chi connectivity index (χ4n) is 6.35. The van der Waals surface area contributed by atoms with Crippen LogP contribution < -0.4 is 30.4 Å². The summed E-state index contributed by atoms with van der Waals surface area (Å²) in [5.74, 6) is 7.56. The van der Waals surface area contributed by atoms with Crippen molar-refractivity contribution in [2.75, 3.05) is 45.9 Å². The molecule has 9 nitrogen and oxygen atoms in total. The average molecular weight is 650 g/mol. The maximum Gasteiger partial charge on any atom is 0.259 e. The summed E-state index contributed by atoms with van der Waals surface area (Å²) in [6, 6.07) is 9.74. The number of rotatable bonds is 8. The lowest BCUT2D eigenvalue weighted by molar-refractivity contribution is 0.0991. The Balaban J connectivity index is 1.51. The van der Waals surface area contributed by atoms with Gasteiger partial charge in [0.1, 0.15) is 17.2 Å². The summed E-state index contributed by atoms with van der Waals surface area (Å²) in [6.45, 7) is 4.15. The number of fused-ring (bicyclic) bond motifs is 3. The standard InChI is InChI=1S/C34H34Cl2N4O5/c1-5-39-26-13-25(38-16-20(26)11-24(34(39)41)31-32(35)29(43-3)15-30(44-4)33(31)36)23-10-19(8-6-7-9-37)27(14-28(23)42-2)40-17-22-12-21(40)18-45-22/h10-11,13-16,21-22H,5,8-9,12,17-18,37H2,1-4H3. The lowest BCUT2D eigenvalue weighted by Gasteiger charge is -2.31. The van der Waals surface area contributed by atoms with Gasteiger partial charge in [0.15, 0.2) is 0 Å². The van der Waals surface area contributed by atoms with Crippen LogP contribution in [0.3, 0.4) is 0 Å². The molecule has 11 heteroatoms. The quantitative estimate of drug-likeness (QED) is 0.248. The molecule has 2 atom stereocenters. The van der Waals surface area contributed by atoms with Gasteiger partial charge in [0.05, 0.1) is 73.4 Å². The second-order valence-corrected chi connectivity index (χ2v) is 11.7. The molecule has 2 bridgehead atoms. The molecule has 4 heterocycles. The van der Waals surface area contributed by atoms with Gasteiger partial charge in [-0.2, -0.15) is 0 Å². The number of nitrogens with two attached hydrogens (primary N) is 1. The highest BCUT2D eigenvalue weighted by molar-refractivity contribution is 6.41. The molecule has 4 aromatic rings. The SMILES string of the molecule is CCn1c(=O)c(-c2c(Cl)c(OC)cc(OC)c2Cl)cc2cnc(-c3cc(CC#CCN)c(N4CC5CC4CO5)cc3OC)cc21. The fourth-order valence-corrected chi connectivity index (χ4v) is 7.06. The Hall–Kier alpha value is -3.94. The number of benzene rings is 2. The van der Waals surface area contributed by atoms with E-state index in [0.29, 0.717) is 71.7 Å². The van der Waals surface area contributed by atoms with E-state index >= 15 is 0 Å². The molecule has 234 valence electrons. The molecular weight excluding hydrogens is 615 g/mol. The maximum atomic E-state index is 14.0. The molecule has 6 rings (SSSR count). The van der Waals surface area contributed by atoms with Gasteiger partial charge in [0, 0.05) is 60.0 Å². The number of halogens is 2. The van der Waals surface area contributed by atoms with E-state index in [9.17, 15) is 4.79 Å². The van der Waals surface area contributed by atoms with E-state index in [0.717, 1.165) is 35.2 Å². The van der Waals surface area contributed by atoms with E-state index in [-0.39, 0.29) is 21.7 Å². The minimum absolute atomic E-state index is 0.222. The van der Waals surface area contributed by atoms with E-state index in [4.69, 9.17) is 52.9 Å². The maximum absolute atomic E-state index is 14.0. The van der Waals surface area contributed by atoms with Crippen LogP contribution in [0.4, 0.5) is 5.69 Å². The van der Waals surface area contributed by atoms with Crippen molar-refractivity contribution in [3.8, 4) is 51.5 Å². The van der Waals surface area contributed by atoms with Crippen molar-refractivity contribution in [2.24, 2.45) is 5.73 Å². The third kappa shape index (κ3) is 5.46. The molecule has 2 aliphatic rings. The molecule has 0 radical (unpaired) electrons. The topological polar surface area (TPSA) is 101 Å². The van der Waals surface area contributed by atoms with Crippen LogP contribution in [-0.2, 0) is 17.7 Å². The number of aryl methyl sites for hydroxylation is 1. The zero-order chi connectivity index (χ0) is 31.8. The number of hydrogen-bond donors (Lipinski definition) is 1. The fraction of sp³-hybridized carbons (Fsp3) is 0.353. The molecule has 2 unspecified atom stereocenters. The van der Waals surface area contributed by atoms with Crippen molar-refractivity contribution < 1.29 is 18.9 Å². The second-order valence-electron chi connectivity index (χ2n) is 10.9. The Bertz CT molecular complexity index is 1890. The van der Waals surface area contributed by atoms with Crippen molar-refractivity contribution in [2.45, 2.75) is 38.5 Å². The van der Waals surface area contributed by atoms with Crippen LogP contribution in [0.15, 0.2) is 41.3 Å². The summed E-state index contributed by atoms with van der Waals surface area (Å²) in [4.78, 5) is 21.3. The second kappa shape index (κ2) is 12.8. The van der Waals surface area contributed by atoms with Crippen molar-refractivity contribution >= 4 is 39.8 Å². The van der Waals surface area contributed by atoms with Crippen LogP contribution in [-0.4, -0.2) is 62.7 Å². The number of aromatic nitrogens is 2. The smallest absolute Gasteiger partial charge is 0.259 e. The first-order valence-corrected chi connectivity index (χ1v) is 15.5. The number of ether oxygens (including phenoxy) is 4. The summed E-state index contributed by atoms with van der Waals surface area (Å²) in [5.41, 5.74) is 10.4. The van der Waals surface area contributed by atoms with Crippen molar-refractivity contribution in [1.82, 2.24) is 9.55 Å². The molecule has 0 saturated carbocycles. The number of methoxy groups -OCH3 is 3. The van der Waals surface area contributed by atoms with Crippen LogP contribution in [0, 0.1) is 11.8 Å². The van der Waals surface area contributed by atoms with Crippen LogP contribution >= 0.6 is 23.2 Å². The summed E-state index contributed by atoms with van der Waals surface area (Å²) >= 11 is 13.4. The van der Waals surface area contributed by atoms with Gasteiger partial charge >= 0.3 is 0 Å². The Morgan fingerprint density at radius 3 is 2.33 bits per heavy atom. The zero-order valence-corrected chi connectivity index (χ0v) is 27.1. The molecule has 0 amide bonds. The number of anilines is 1. The molecule has 0 aliphatic carbocycles. The summed E-state index contributed by atoms with van der Waals surface area (Å²) in [5, 5.41) is 1.18. The van der Waals surface area contributed by atoms with Gasteiger partial charge in [-0.1, -0.05) is 35.0 Å². The minimum atomic E-state index is -0.257. The summed E-state index contributed by atoms with van der Waals surface area (Å²) in [7, 11) is 4.64. The number of nitrogens with zero attached hydrogens (tertiary/aromatic N) is 3. The average Bonchev–Trinajstić information content (AvgIpc) is 3.69. The molecule has 2 fully saturated rings. The number of hydrogen-bond acceptors (Lipinski definition) is 8. The first-order valence-electron chi connectivity index (χ1n) is 14.7. The van der Waals surface area contributed by atoms with E-state index in [1.807, 2.05) is 13.0 Å². The van der Waals surface area contributed by atoms with Gasteiger partial charge in [-0.25, -0.2) is 0 Å². The Morgan fingerprint density at radius 1 is 1.00 bits per heavy atom. The first-order chi connectivity index (χ1) is 21.8. The predicted molar refractivity (Wildman–Crippen MR) is 178 cm³/mol. The largest absolute Gasteiger partial charge is 0.496 e. The Morgan fingerprint density at radius 2 is 1.73 bits per heavy atom. The third-order valence-corrected chi connectivity index (χ3v) is 9.28. The lowest BCUT2D eigenvalue weighted by atomic mass is 9.99. The van der Waals surface area contributed by atoms with Crippen LogP contribution in [0.5, 0.6) is 17.2 Å². The molecule has 2 saturated heterocycles. The van der Waals surface area contributed by atoms with Gasteiger partial charge in [0.25, 0.3) is 5.56 Å². The van der Waals surface area contributed by atoms with E-state index < -0.39 is 0 Å².